The summed E-state index contributed by atoms with van der Waals surface area (Å²) in [6.07, 6.45) is 0.979. The molecule has 5 nitrogen and oxygen atoms in total. The minimum Gasteiger partial charge on any atom is -0.493 e. The van der Waals surface area contributed by atoms with Gasteiger partial charge in [-0.1, -0.05) is 17.7 Å². The van der Waals surface area contributed by atoms with Gasteiger partial charge < -0.3 is 20.1 Å². The lowest BCUT2D eigenvalue weighted by atomic mass is 9.96. The van der Waals surface area contributed by atoms with Crippen molar-refractivity contribution in [2.75, 3.05) is 20.8 Å². The zero-order valence-electron chi connectivity index (χ0n) is 18.1. The van der Waals surface area contributed by atoms with Crippen LogP contribution in [-0.4, -0.2) is 31.3 Å². The Bertz CT molecular complexity index is 1090. The van der Waals surface area contributed by atoms with Crippen molar-refractivity contribution in [3.63, 3.8) is 0 Å². The van der Waals surface area contributed by atoms with Crippen LogP contribution in [0.1, 0.15) is 36.9 Å². The SMILES string of the molecule is COc1ccc(-c2c(Cl)c(CNC(C)(C)C)nc3sc4c(c23)CCNC4)cc1OC. The molecule has 0 radical (unpaired) electrons. The molecule has 30 heavy (non-hydrogen) atoms. The highest BCUT2D eigenvalue weighted by Crippen LogP contribution is 2.45. The molecule has 0 bridgehead atoms. The number of nitrogens with one attached hydrogen (secondary N) is 2. The number of fused-ring (bicyclic) bond motifs is 3. The molecule has 0 amide bonds. The molecule has 4 rings (SSSR count). The Morgan fingerprint density at radius 3 is 2.67 bits per heavy atom. The summed E-state index contributed by atoms with van der Waals surface area (Å²) in [4.78, 5) is 7.38. The number of halogens is 1. The highest BCUT2D eigenvalue weighted by molar-refractivity contribution is 7.19. The number of pyridine rings is 1. The summed E-state index contributed by atoms with van der Waals surface area (Å²) in [6, 6.07) is 5.99. The van der Waals surface area contributed by atoms with Crippen molar-refractivity contribution in [1.29, 1.82) is 0 Å². The second kappa shape index (κ2) is 8.35. The number of hydrogen-bond acceptors (Lipinski definition) is 6. The van der Waals surface area contributed by atoms with Gasteiger partial charge in [0, 0.05) is 34.5 Å². The number of thiophene rings is 1. The maximum atomic E-state index is 7.03. The van der Waals surface area contributed by atoms with Crippen molar-refractivity contribution in [3.05, 3.63) is 39.4 Å². The Morgan fingerprint density at radius 1 is 1.20 bits per heavy atom. The Balaban J connectivity index is 1.95. The fraction of sp³-hybridized carbons (Fsp3) is 0.435. The molecule has 2 N–H and O–H groups in total. The third kappa shape index (κ3) is 4.02. The first-order chi connectivity index (χ1) is 14.3. The molecular formula is C23H28ClN3O2S. The fourth-order valence-corrected chi connectivity index (χ4v) is 5.34. The predicted molar refractivity (Wildman–Crippen MR) is 125 cm³/mol. The monoisotopic (exact) mass is 445 g/mol. The van der Waals surface area contributed by atoms with E-state index < -0.39 is 0 Å². The van der Waals surface area contributed by atoms with Crippen LogP contribution in [0.15, 0.2) is 18.2 Å². The zero-order valence-corrected chi connectivity index (χ0v) is 19.7. The van der Waals surface area contributed by atoms with Crippen LogP contribution in [0.3, 0.4) is 0 Å². The van der Waals surface area contributed by atoms with Gasteiger partial charge >= 0.3 is 0 Å². The second-order valence-corrected chi connectivity index (χ2v) is 9.99. The molecule has 0 saturated carbocycles. The van der Waals surface area contributed by atoms with E-state index in [1.165, 1.54) is 15.8 Å². The van der Waals surface area contributed by atoms with Crippen molar-refractivity contribution in [2.45, 2.75) is 45.8 Å². The summed E-state index contributed by atoms with van der Waals surface area (Å²) in [7, 11) is 3.30. The third-order valence-corrected chi connectivity index (χ3v) is 6.86. The number of rotatable bonds is 5. The van der Waals surface area contributed by atoms with E-state index in [0.29, 0.717) is 23.1 Å². The molecule has 3 aromatic rings. The van der Waals surface area contributed by atoms with Gasteiger partial charge in [0.1, 0.15) is 4.83 Å². The standard InChI is InChI=1S/C23H28ClN3O2S/c1-23(2,3)26-11-15-21(24)19(13-6-7-16(28-4)17(10-13)29-5)20-14-8-9-25-12-18(14)30-22(20)27-15/h6-7,10,25-26H,8-9,11-12H2,1-5H3. The van der Waals surface area contributed by atoms with Crippen LogP contribution in [0.4, 0.5) is 0 Å². The molecule has 1 aliphatic heterocycles. The lowest BCUT2D eigenvalue weighted by Crippen LogP contribution is -2.35. The van der Waals surface area contributed by atoms with Crippen molar-refractivity contribution in [2.24, 2.45) is 0 Å². The van der Waals surface area contributed by atoms with Gasteiger partial charge in [0.2, 0.25) is 0 Å². The third-order valence-electron chi connectivity index (χ3n) is 5.33. The summed E-state index contributed by atoms with van der Waals surface area (Å²) in [6.45, 7) is 8.89. The summed E-state index contributed by atoms with van der Waals surface area (Å²) in [5, 5.41) is 8.87. The molecule has 2 aromatic heterocycles. The van der Waals surface area contributed by atoms with Gasteiger partial charge in [-0.2, -0.15) is 0 Å². The minimum absolute atomic E-state index is 0.0257. The first-order valence-electron chi connectivity index (χ1n) is 10.1. The van der Waals surface area contributed by atoms with Crippen LogP contribution in [0.25, 0.3) is 21.3 Å². The van der Waals surface area contributed by atoms with Crippen LogP contribution in [0, 0.1) is 0 Å². The Morgan fingerprint density at radius 2 is 1.97 bits per heavy atom. The van der Waals surface area contributed by atoms with E-state index in [9.17, 15) is 0 Å². The van der Waals surface area contributed by atoms with E-state index in [0.717, 1.165) is 41.2 Å². The summed E-state index contributed by atoms with van der Waals surface area (Å²) < 4.78 is 11.0. The van der Waals surface area contributed by atoms with Crippen LogP contribution in [-0.2, 0) is 19.5 Å². The van der Waals surface area contributed by atoms with Crippen LogP contribution < -0.4 is 20.1 Å². The predicted octanol–water partition coefficient (Wildman–Crippen LogP) is 5.17. The number of methoxy groups -OCH3 is 2. The number of benzene rings is 1. The smallest absolute Gasteiger partial charge is 0.161 e. The average Bonchev–Trinajstić information content (AvgIpc) is 3.09. The van der Waals surface area contributed by atoms with Gasteiger partial charge in [-0.15, -0.1) is 11.3 Å². The normalized spacial score (nSPS) is 14.1. The largest absolute Gasteiger partial charge is 0.493 e. The summed E-state index contributed by atoms with van der Waals surface area (Å²) >= 11 is 8.80. The highest BCUT2D eigenvalue weighted by atomic mass is 35.5. The number of ether oxygens (including phenoxy) is 2. The molecule has 0 atom stereocenters. The van der Waals surface area contributed by atoms with Crippen molar-refractivity contribution >= 4 is 33.2 Å². The van der Waals surface area contributed by atoms with Crippen LogP contribution in [0.2, 0.25) is 5.02 Å². The number of nitrogens with zero attached hydrogens (tertiary/aromatic N) is 1. The first-order valence-corrected chi connectivity index (χ1v) is 11.3. The van der Waals surface area contributed by atoms with Crippen molar-refractivity contribution < 1.29 is 9.47 Å². The highest BCUT2D eigenvalue weighted by Gasteiger charge is 2.25. The molecule has 0 aliphatic carbocycles. The molecule has 1 aliphatic rings. The lowest BCUT2D eigenvalue weighted by Gasteiger charge is -2.21. The fourth-order valence-electron chi connectivity index (χ4n) is 3.81. The van der Waals surface area contributed by atoms with E-state index in [4.69, 9.17) is 26.1 Å². The Kier molecular flexibility index (Phi) is 5.95. The Labute approximate surface area is 186 Å². The number of hydrogen-bond donors (Lipinski definition) is 2. The van der Waals surface area contributed by atoms with Gasteiger partial charge in [0.25, 0.3) is 0 Å². The lowest BCUT2D eigenvalue weighted by molar-refractivity contribution is 0.355. The van der Waals surface area contributed by atoms with Crippen molar-refractivity contribution in [1.82, 2.24) is 15.6 Å². The molecule has 1 aromatic carbocycles. The van der Waals surface area contributed by atoms with E-state index in [1.807, 2.05) is 18.2 Å². The molecule has 7 heteroatoms. The van der Waals surface area contributed by atoms with Gasteiger partial charge in [0.05, 0.1) is 24.9 Å². The zero-order chi connectivity index (χ0) is 21.5. The van der Waals surface area contributed by atoms with Gasteiger partial charge in [-0.05, 0) is 57.0 Å². The molecule has 0 spiro atoms. The van der Waals surface area contributed by atoms with E-state index in [1.54, 1.807) is 25.6 Å². The minimum atomic E-state index is -0.0257. The molecule has 0 saturated heterocycles. The van der Waals surface area contributed by atoms with Gasteiger partial charge in [0.15, 0.2) is 11.5 Å². The summed E-state index contributed by atoms with van der Waals surface area (Å²) in [5.41, 5.74) is 4.26. The maximum Gasteiger partial charge on any atom is 0.161 e. The second-order valence-electron chi connectivity index (χ2n) is 8.53. The molecular weight excluding hydrogens is 418 g/mol. The maximum absolute atomic E-state index is 7.03. The summed E-state index contributed by atoms with van der Waals surface area (Å²) in [5.74, 6) is 1.39. The Hall–Kier alpha value is -1.86. The molecule has 0 unspecified atom stereocenters. The van der Waals surface area contributed by atoms with E-state index in [-0.39, 0.29) is 5.54 Å². The van der Waals surface area contributed by atoms with Crippen LogP contribution >= 0.6 is 22.9 Å². The average molecular weight is 446 g/mol. The van der Waals surface area contributed by atoms with E-state index in [2.05, 4.69) is 31.4 Å². The molecule has 0 fully saturated rings. The van der Waals surface area contributed by atoms with Gasteiger partial charge in [-0.25, -0.2) is 4.98 Å². The topological polar surface area (TPSA) is 55.4 Å². The molecule has 3 heterocycles. The quantitative estimate of drug-likeness (QED) is 0.567. The van der Waals surface area contributed by atoms with Gasteiger partial charge in [-0.3, -0.25) is 0 Å². The van der Waals surface area contributed by atoms with Crippen molar-refractivity contribution in [3.8, 4) is 22.6 Å². The van der Waals surface area contributed by atoms with Crippen LogP contribution in [0.5, 0.6) is 11.5 Å². The molecule has 160 valence electrons. The number of aromatic nitrogens is 1. The van der Waals surface area contributed by atoms with E-state index >= 15 is 0 Å². The first kappa shape index (κ1) is 21.4.